The Morgan fingerprint density at radius 3 is 2.26 bits per heavy atom. The van der Waals surface area contributed by atoms with Gasteiger partial charge >= 0.3 is 0 Å². The van der Waals surface area contributed by atoms with Crippen molar-refractivity contribution in [3.63, 3.8) is 0 Å². The zero-order valence-electron chi connectivity index (χ0n) is 21.8. The van der Waals surface area contributed by atoms with Crippen LogP contribution in [0, 0.1) is 13.8 Å². The minimum absolute atomic E-state index is 0.147. The Morgan fingerprint density at radius 2 is 1.56 bits per heavy atom. The standard InChI is InChI=1S/C30H29N3O4S2/c1-19-7-14-24(15-8-19)39(36,37)33(23-5-3-4-6-23)26-18-28(34)32(30(26)35)22-12-10-21(11-13-22)29-31-25-16-9-20(2)17-27(25)38-29/h7-17,23,26H,3-6,18H2,1-2H3. The number of fused-ring (bicyclic) bond motifs is 1. The van der Waals surface area contributed by atoms with Crippen molar-refractivity contribution in [3.8, 4) is 10.6 Å². The molecule has 0 N–H and O–H groups in total. The number of rotatable bonds is 6. The number of benzene rings is 3. The third-order valence-electron chi connectivity index (χ3n) is 7.63. The Hall–Kier alpha value is -3.40. The van der Waals surface area contributed by atoms with E-state index < -0.39 is 27.9 Å². The van der Waals surface area contributed by atoms with Gasteiger partial charge in [0.25, 0.3) is 5.91 Å². The average molecular weight is 560 g/mol. The number of thiazole rings is 1. The van der Waals surface area contributed by atoms with Crippen LogP contribution in [0.1, 0.15) is 43.2 Å². The van der Waals surface area contributed by atoms with Gasteiger partial charge in [-0.05, 0) is 80.8 Å². The zero-order valence-corrected chi connectivity index (χ0v) is 23.5. The number of hydrogen-bond donors (Lipinski definition) is 0. The molecule has 6 rings (SSSR count). The number of carbonyl (C=O) groups excluding carboxylic acids is 2. The Labute approximate surface area is 232 Å². The lowest BCUT2D eigenvalue weighted by molar-refractivity contribution is -0.122. The summed E-state index contributed by atoms with van der Waals surface area (Å²) >= 11 is 1.59. The van der Waals surface area contributed by atoms with E-state index in [0.29, 0.717) is 18.5 Å². The van der Waals surface area contributed by atoms with Crippen LogP contribution in [-0.4, -0.2) is 41.6 Å². The molecular formula is C30H29N3O4S2. The molecule has 1 atom stereocenters. The minimum atomic E-state index is -3.98. The third kappa shape index (κ3) is 4.68. The third-order valence-corrected chi connectivity index (χ3v) is 10.7. The molecule has 1 aliphatic heterocycles. The number of aryl methyl sites for hydroxylation is 2. The van der Waals surface area contributed by atoms with Gasteiger partial charge in [-0.15, -0.1) is 11.3 Å². The van der Waals surface area contributed by atoms with Gasteiger partial charge in [0.15, 0.2) is 0 Å². The van der Waals surface area contributed by atoms with E-state index in [9.17, 15) is 18.0 Å². The molecule has 3 aromatic carbocycles. The summed E-state index contributed by atoms with van der Waals surface area (Å²) in [6.45, 7) is 3.94. The fourth-order valence-electron chi connectivity index (χ4n) is 5.60. The first-order valence-corrected chi connectivity index (χ1v) is 15.4. The van der Waals surface area contributed by atoms with Crippen LogP contribution in [0.25, 0.3) is 20.8 Å². The summed E-state index contributed by atoms with van der Waals surface area (Å²) in [6.07, 6.45) is 2.99. The number of sulfonamides is 1. The molecule has 200 valence electrons. The molecule has 0 radical (unpaired) electrons. The first-order valence-electron chi connectivity index (χ1n) is 13.2. The summed E-state index contributed by atoms with van der Waals surface area (Å²) in [5, 5.41) is 0.857. The second kappa shape index (κ2) is 9.97. The number of anilines is 1. The second-order valence-electron chi connectivity index (χ2n) is 10.4. The molecule has 1 saturated carbocycles. The van der Waals surface area contributed by atoms with Gasteiger partial charge in [0.1, 0.15) is 11.0 Å². The average Bonchev–Trinajstić information content (AvgIpc) is 3.64. The molecule has 39 heavy (non-hydrogen) atoms. The molecule has 1 unspecified atom stereocenters. The molecular weight excluding hydrogens is 530 g/mol. The van der Waals surface area contributed by atoms with Crippen molar-refractivity contribution in [1.82, 2.24) is 9.29 Å². The number of hydrogen-bond acceptors (Lipinski definition) is 6. The van der Waals surface area contributed by atoms with E-state index in [1.165, 1.54) is 9.87 Å². The number of aromatic nitrogens is 1. The summed E-state index contributed by atoms with van der Waals surface area (Å²) in [5.41, 5.74) is 4.38. The van der Waals surface area contributed by atoms with Crippen molar-refractivity contribution in [2.24, 2.45) is 0 Å². The van der Waals surface area contributed by atoms with Crippen molar-refractivity contribution in [1.29, 1.82) is 0 Å². The highest BCUT2D eigenvalue weighted by molar-refractivity contribution is 7.89. The SMILES string of the molecule is Cc1ccc(S(=O)(=O)N(C2CCCC2)C2CC(=O)N(c3ccc(-c4nc5ccc(C)cc5s4)cc3)C2=O)cc1. The lowest BCUT2D eigenvalue weighted by Crippen LogP contribution is -2.49. The highest BCUT2D eigenvalue weighted by Gasteiger charge is 2.49. The fraction of sp³-hybridized carbons (Fsp3) is 0.300. The minimum Gasteiger partial charge on any atom is -0.274 e. The molecule has 2 fully saturated rings. The van der Waals surface area contributed by atoms with Crippen LogP contribution in [0.15, 0.2) is 71.6 Å². The topological polar surface area (TPSA) is 87.7 Å². The molecule has 0 bridgehead atoms. The molecule has 1 aromatic heterocycles. The number of nitrogens with zero attached hydrogens (tertiary/aromatic N) is 3. The number of imide groups is 1. The van der Waals surface area contributed by atoms with E-state index in [1.54, 1.807) is 47.7 Å². The maximum Gasteiger partial charge on any atom is 0.252 e. The van der Waals surface area contributed by atoms with E-state index in [4.69, 9.17) is 4.98 Å². The molecule has 1 saturated heterocycles. The van der Waals surface area contributed by atoms with Crippen molar-refractivity contribution in [3.05, 3.63) is 77.9 Å². The first-order chi connectivity index (χ1) is 18.7. The van der Waals surface area contributed by atoms with E-state index in [0.717, 1.165) is 44.1 Å². The van der Waals surface area contributed by atoms with E-state index in [1.807, 2.05) is 38.1 Å². The Kier molecular flexibility index (Phi) is 6.61. The lowest BCUT2D eigenvalue weighted by Gasteiger charge is -2.32. The summed E-state index contributed by atoms with van der Waals surface area (Å²) in [6, 6.07) is 18.6. The van der Waals surface area contributed by atoms with Gasteiger partial charge in [-0.3, -0.25) is 9.59 Å². The van der Waals surface area contributed by atoms with Gasteiger partial charge in [0, 0.05) is 11.6 Å². The maximum absolute atomic E-state index is 13.8. The van der Waals surface area contributed by atoms with Crippen LogP contribution in [0.2, 0.25) is 0 Å². The second-order valence-corrected chi connectivity index (χ2v) is 13.3. The first kappa shape index (κ1) is 25.9. The summed E-state index contributed by atoms with van der Waals surface area (Å²) in [5.74, 6) is -0.888. The molecule has 2 amide bonds. The summed E-state index contributed by atoms with van der Waals surface area (Å²) in [4.78, 5) is 32.9. The fourth-order valence-corrected chi connectivity index (χ4v) is 8.50. The molecule has 2 aliphatic rings. The Bertz CT molecular complexity index is 1670. The monoisotopic (exact) mass is 559 g/mol. The van der Waals surface area contributed by atoms with Gasteiger partial charge in [-0.2, -0.15) is 4.31 Å². The van der Waals surface area contributed by atoms with Crippen LogP contribution >= 0.6 is 11.3 Å². The molecule has 0 spiro atoms. The van der Waals surface area contributed by atoms with E-state index >= 15 is 0 Å². The smallest absolute Gasteiger partial charge is 0.252 e. The van der Waals surface area contributed by atoms with Gasteiger partial charge in [-0.1, -0.05) is 36.6 Å². The predicted octanol–water partition coefficient (Wildman–Crippen LogP) is 5.85. The van der Waals surface area contributed by atoms with Crippen LogP contribution < -0.4 is 4.90 Å². The normalized spacial score (nSPS) is 18.6. The van der Waals surface area contributed by atoms with Crippen LogP contribution in [0.3, 0.4) is 0 Å². The van der Waals surface area contributed by atoms with Gasteiger partial charge in [0.05, 0.1) is 27.2 Å². The molecule has 2 heterocycles. The molecule has 7 nitrogen and oxygen atoms in total. The van der Waals surface area contributed by atoms with Crippen molar-refractivity contribution in [2.75, 3.05) is 4.90 Å². The van der Waals surface area contributed by atoms with E-state index in [-0.39, 0.29) is 17.4 Å². The zero-order chi connectivity index (χ0) is 27.3. The number of carbonyl (C=O) groups is 2. The van der Waals surface area contributed by atoms with Crippen molar-refractivity contribution < 1.29 is 18.0 Å². The Morgan fingerprint density at radius 1 is 0.897 bits per heavy atom. The van der Waals surface area contributed by atoms with Gasteiger partial charge in [-0.25, -0.2) is 18.3 Å². The van der Waals surface area contributed by atoms with Crippen LogP contribution in [0.4, 0.5) is 5.69 Å². The molecule has 9 heteroatoms. The Balaban J connectivity index is 1.30. The van der Waals surface area contributed by atoms with Crippen LogP contribution in [-0.2, 0) is 19.6 Å². The maximum atomic E-state index is 13.8. The number of amides is 2. The summed E-state index contributed by atoms with van der Waals surface area (Å²) < 4.78 is 30.1. The van der Waals surface area contributed by atoms with Crippen molar-refractivity contribution in [2.45, 2.75) is 62.9 Å². The van der Waals surface area contributed by atoms with Gasteiger partial charge in [0.2, 0.25) is 15.9 Å². The lowest BCUT2D eigenvalue weighted by atomic mass is 10.1. The molecule has 4 aromatic rings. The van der Waals surface area contributed by atoms with E-state index in [2.05, 4.69) is 6.07 Å². The summed E-state index contributed by atoms with van der Waals surface area (Å²) in [7, 11) is -3.98. The highest BCUT2D eigenvalue weighted by atomic mass is 32.2. The van der Waals surface area contributed by atoms with Crippen LogP contribution in [0.5, 0.6) is 0 Å². The highest BCUT2D eigenvalue weighted by Crippen LogP contribution is 2.37. The quantitative estimate of drug-likeness (QED) is 0.277. The predicted molar refractivity (Wildman–Crippen MR) is 153 cm³/mol. The van der Waals surface area contributed by atoms with Gasteiger partial charge < -0.3 is 0 Å². The van der Waals surface area contributed by atoms with Crippen molar-refractivity contribution >= 4 is 49.1 Å². The molecule has 1 aliphatic carbocycles. The largest absolute Gasteiger partial charge is 0.274 e.